The van der Waals surface area contributed by atoms with Crippen molar-refractivity contribution in [2.24, 2.45) is 28.2 Å². The summed E-state index contributed by atoms with van der Waals surface area (Å²) in [6, 6.07) is 105. The lowest BCUT2D eigenvalue weighted by Crippen LogP contribution is -2.52. The zero-order chi connectivity index (χ0) is 89.8. The van der Waals surface area contributed by atoms with Crippen LogP contribution in [-0.2, 0) is 28.2 Å². The van der Waals surface area contributed by atoms with E-state index >= 15 is 0 Å². The van der Waals surface area contributed by atoms with Crippen molar-refractivity contribution >= 4 is 101 Å². The second-order valence-electron chi connectivity index (χ2n) is 36.8. The van der Waals surface area contributed by atoms with E-state index in [0.29, 0.717) is 27.8 Å². The number of rotatable bonds is 17. The van der Waals surface area contributed by atoms with Gasteiger partial charge >= 0.3 is 0 Å². The van der Waals surface area contributed by atoms with Gasteiger partial charge in [0.15, 0.2) is 24.8 Å². The summed E-state index contributed by atoms with van der Waals surface area (Å²) in [5, 5.41) is 17.1. The summed E-state index contributed by atoms with van der Waals surface area (Å²) in [5.41, 5.74) is 19.4. The largest absolute Gasteiger partial charge is 0.220 e. The minimum absolute atomic E-state index is 0.174. The smallest absolute Gasteiger partial charge is 0.206 e. The van der Waals surface area contributed by atoms with Crippen molar-refractivity contribution < 1.29 is 35.8 Å². The normalized spacial score (nSPS) is 11.8. The first-order valence-electron chi connectivity index (χ1n) is 44.5. The molecule has 126 heavy (non-hydrogen) atoms. The topological polar surface area (TPSA) is 15.5 Å². The second-order valence-corrected chi connectivity index (χ2v) is 56.7. The number of nitrogens with zero attached hydrogens (tertiary/aromatic N) is 4. The third-order valence-corrected chi connectivity index (χ3v) is 42.9. The number of aryl methyl sites for hydroxylation is 8. The van der Waals surface area contributed by atoms with Gasteiger partial charge in [0, 0.05) is 46.5 Å². The van der Waals surface area contributed by atoms with Gasteiger partial charge in [-0.1, -0.05) is 325 Å². The third-order valence-electron chi connectivity index (χ3n) is 27.1. The molecule has 0 unspecified atom stereocenters. The van der Waals surface area contributed by atoms with Crippen LogP contribution in [0.4, 0.5) is 17.6 Å². The molecular weight excluding hydrogens is 1610 g/mol. The van der Waals surface area contributed by atoms with Crippen LogP contribution in [0.2, 0.25) is 69.5 Å². The van der Waals surface area contributed by atoms with Gasteiger partial charge in [-0.15, -0.1) is 0 Å². The molecule has 4 aromatic heterocycles. The minimum Gasteiger partial charge on any atom is -0.206 e. The summed E-state index contributed by atoms with van der Waals surface area (Å²) in [4.78, 5) is 0. The Morgan fingerprint density at radius 2 is 0.508 bits per heavy atom. The molecule has 0 atom stereocenters. The first-order chi connectivity index (χ1) is 60.2. The van der Waals surface area contributed by atoms with Crippen molar-refractivity contribution in [3.63, 3.8) is 0 Å². The second kappa shape index (κ2) is 37.7. The molecule has 13 aromatic carbocycles. The number of hydrogen-bond acceptors (Lipinski definition) is 0. The summed E-state index contributed by atoms with van der Waals surface area (Å²) in [5.74, 6) is -0.718. The van der Waals surface area contributed by atoms with Crippen LogP contribution in [-0.4, -0.2) is 32.3 Å². The van der Waals surface area contributed by atoms with E-state index in [1.54, 1.807) is 29.5 Å². The van der Waals surface area contributed by atoms with Crippen molar-refractivity contribution in [3.8, 4) is 89.5 Å². The maximum atomic E-state index is 15.0. The van der Waals surface area contributed by atoms with Gasteiger partial charge in [-0.25, -0.2) is 35.8 Å². The van der Waals surface area contributed by atoms with Gasteiger partial charge in [-0.2, -0.15) is 0 Å². The Morgan fingerprint density at radius 3 is 0.786 bits per heavy atom. The molecule has 0 aliphatic rings. The number of benzene rings is 13. The molecule has 0 saturated carbocycles. The lowest BCUT2D eigenvalue weighted by Gasteiger charge is -2.29. The number of aromatic nitrogens is 4. The maximum Gasteiger partial charge on any atom is 0.220 e. The summed E-state index contributed by atoms with van der Waals surface area (Å²) < 4.78 is 68.3. The van der Waals surface area contributed by atoms with E-state index in [1.165, 1.54) is 82.0 Å². The van der Waals surface area contributed by atoms with Crippen LogP contribution in [0.3, 0.4) is 0 Å². The van der Waals surface area contributed by atoms with Gasteiger partial charge in [0.1, 0.15) is 59.5 Å². The summed E-state index contributed by atoms with van der Waals surface area (Å²) in [6.45, 7) is 36.5. The van der Waals surface area contributed by atoms with Crippen LogP contribution in [0.25, 0.3) is 133 Å². The van der Waals surface area contributed by atoms with E-state index in [4.69, 9.17) is 0 Å². The quantitative estimate of drug-likeness (QED) is 0.0491. The van der Waals surface area contributed by atoms with E-state index in [0.717, 1.165) is 89.5 Å². The molecule has 0 N–H and O–H groups in total. The molecule has 17 rings (SSSR count). The Hall–Kier alpha value is -11.9. The van der Waals surface area contributed by atoms with Gasteiger partial charge in [-0.05, 0) is 172 Å². The monoisotopic (exact) mass is 1730 g/mol. The molecule has 0 spiro atoms. The molecule has 12 heteroatoms. The molecule has 636 valence electrons. The van der Waals surface area contributed by atoms with Crippen molar-refractivity contribution in [1.29, 1.82) is 0 Å². The zero-order valence-corrected chi connectivity index (χ0v) is 81.1. The van der Waals surface area contributed by atoms with E-state index in [2.05, 4.69) is 279 Å². The van der Waals surface area contributed by atoms with Crippen LogP contribution in [0.1, 0.15) is 56.9 Å². The Balaban J connectivity index is 0.000000137. The lowest BCUT2D eigenvalue weighted by molar-refractivity contribution is -0.659. The number of halogens is 4. The van der Waals surface area contributed by atoms with Crippen molar-refractivity contribution in [3.05, 3.63) is 368 Å². The Kier molecular flexibility index (Phi) is 27.0. The number of fused-ring (bicyclic) bond motifs is 4. The van der Waals surface area contributed by atoms with Gasteiger partial charge in [0.05, 0.1) is 68.0 Å². The summed E-state index contributed by atoms with van der Waals surface area (Å²) in [7, 11) is 2.12. The molecule has 0 fully saturated rings. The van der Waals surface area contributed by atoms with Crippen LogP contribution in [0.5, 0.6) is 0 Å². The highest BCUT2D eigenvalue weighted by Gasteiger charge is 2.34. The molecule has 0 aliphatic heterocycles. The molecule has 0 bridgehead atoms. The average Bonchev–Trinajstić information content (AvgIpc) is 0.776. The van der Waals surface area contributed by atoms with Crippen LogP contribution < -0.4 is 44.2 Å². The lowest BCUT2D eigenvalue weighted by atomic mass is 9.94. The van der Waals surface area contributed by atoms with Gasteiger partial charge < -0.3 is 0 Å². The van der Waals surface area contributed by atoms with E-state index in [-0.39, 0.29) is 23.3 Å². The molecule has 0 aliphatic carbocycles. The number of hydrogen-bond donors (Lipinski definition) is 0. The Bertz CT molecular complexity index is 6860. The highest BCUT2D eigenvalue weighted by molar-refractivity contribution is 7.00. The zero-order valence-electron chi connectivity index (χ0n) is 77.1. The fraction of sp³-hybridized carbons (Fsp3) is 0.211. The predicted octanol–water partition coefficient (Wildman–Crippen LogP) is 26.2. The summed E-state index contributed by atoms with van der Waals surface area (Å²) >= 11 is 0. The molecule has 0 amide bonds. The van der Waals surface area contributed by atoms with Gasteiger partial charge in [-0.3, -0.25) is 0 Å². The number of pyridine rings is 4. The van der Waals surface area contributed by atoms with Crippen LogP contribution >= 0.6 is 0 Å². The van der Waals surface area contributed by atoms with Crippen LogP contribution in [0, 0.1) is 51.0 Å². The minimum atomic E-state index is -1.81. The maximum absolute atomic E-state index is 15.0. The van der Waals surface area contributed by atoms with Gasteiger partial charge in [0.2, 0.25) is 22.8 Å². The van der Waals surface area contributed by atoms with Gasteiger partial charge in [0.25, 0.3) is 0 Å². The molecule has 17 aromatic rings. The standard InChI is InChI=1S/C31H29FNSi.C29H33FNSi.C28H31FNSi.C26H27FNSi/c1-22-19-30(32)29(23-11-7-5-8-12-23)21-28(22)31-27-16-15-26(20-24(27)17-18-33(31)2)34(3,4)25-13-9-6-10-14-25;1-6-32(7-2,8-3)24-14-15-25-23(19-24)16-17-31(5)29(25)26-20-27(28(30)18-21(26)4)22-12-10-9-11-13-22;1-19(2)31(5,6)23-12-13-24-22(17-23)14-15-30(4)28(24)25-18-26(27(29)16-20(25)3)21-10-8-7-9-11-21;1-18-15-25(27)24(19-9-7-6-8-10-19)17-23(18)26-22-12-11-21(29(3,4)5)16-20(22)13-14-28(26)2/h5-21H,1-4H3;9-20H,6-8H2,1-5H3;7-19H,1-6H3;6-17H,1-5H3/q4*+1. The fourth-order valence-corrected chi connectivity index (χ4v) is 27.1. The molecule has 4 nitrogen and oxygen atoms in total. The van der Waals surface area contributed by atoms with E-state index in [9.17, 15) is 17.6 Å². The molecule has 0 saturated heterocycles. The van der Waals surface area contributed by atoms with Crippen LogP contribution in [0.15, 0.2) is 322 Å². The molecule has 4 heterocycles. The first-order valence-corrected chi connectivity index (χ1v) is 56.7. The average molecular weight is 1730 g/mol. The van der Waals surface area contributed by atoms with E-state index in [1.807, 2.05) is 173 Å². The predicted molar refractivity (Wildman–Crippen MR) is 538 cm³/mol. The Labute approximate surface area is 749 Å². The molecular formula is C114H120F4N4Si4+4. The molecule has 0 radical (unpaired) electrons. The van der Waals surface area contributed by atoms with Crippen molar-refractivity contribution in [2.45, 2.75) is 132 Å². The highest BCUT2D eigenvalue weighted by atomic mass is 28.3. The van der Waals surface area contributed by atoms with Crippen molar-refractivity contribution in [2.75, 3.05) is 0 Å². The highest BCUT2D eigenvalue weighted by Crippen LogP contribution is 2.40. The Morgan fingerprint density at radius 1 is 0.262 bits per heavy atom. The van der Waals surface area contributed by atoms with E-state index < -0.39 is 32.3 Å². The third kappa shape index (κ3) is 18.5. The summed E-state index contributed by atoms with van der Waals surface area (Å²) in [6.07, 6.45) is 8.48. The first kappa shape index (κ1) is 90.3. The fourth-order valence-electron chi connectivity index (χ4n) is 18.2. The SMILES string of the molecule is CC[Si](CC)(CC)c1ccc2c(-c3cc(-c4ccccc4)c(F)cc3C)[n+](C)ccc2c1.Cc1cc(F)c(-c2ccccc2)cc1-c1c2ccc([Si](C)(C)C(C)C)cc2cc[n+]1C.Cc1cc(F)c(-c2ccccc2)cc1-c1c2ccc([Si](C)(C)C)cc2cc[n+]1C.Cc1cc(F)c(-c2ccccc2)cc1-c1c2ccc([Si](C)(C)c3ccccc3)cc2cc[n+]1C. The van der Waals surface area contributed by atoms with Crippen molar-refractivity contribution in [1.82, 2.24) is 0 Å².